The standard InChI is InChI=1S/C15H12ClNS/c1-10-3-4-11(2)15(7-10)18-13-6-5-12(9-17)14(16)8-13/h3-8H,1-2H3. The van der Waals surface area contributed by atoms with Gasteiger partial charge in [-0.2, -0.15) is 5.26 Å². The minimum Gasteiger partial charge on any atom is -0.192 e. The molecular weight excluding hydrogens is 262 g/mol. The summed E-state index contributed by atoms with van der Waals surface area (Å²) in [5.74, 6) is 0. The number of benzene rings is 2. The third-order valence-corrected chi connectivity index (χ3v) is 4.09. The van der Waals surface area contributed by atoms with Gasteiger partial charge in [0.25, 0.3) is 0 Å². The van der Waals surface area contributed by atoms with Crippen LogP contribution in [-0.4, -0.2) is 0 Å². The molecule has 0 fully saturated rings. The molecule has 2 rings (SSSR count). The molecular formula is C15H12ClNS. The SMILES string of the molecule is Cc1ccc(C)c(Sc2ccc(C#N)c(Cl)c2)c1. The first-order valence-electron chi connectivity index (χ1n) is 5.55. The monoisotopic (exact) mass is 273 g/mol. The number of hydrogen-bond acceptors (Lipinski definition) is 2. The van der Waals surface area contributed by atoms with Gasteiger partial charge in [-0.3, -0.25) is 0 Å². The number of rotatable bonds is 2. The lowest BCUT2D eigenvalue weighted by atomic mass is 10.2. The number of nitrogens with zero attached hydrogens (tertiary/aromatic N) is 1. The van der Waals surface area contributed by atoms with Crippen LogP contribution in [0.1, 0.15) is 16.7 Å². The van der Waals surface area contributed by atoms with Crippen molar-refractivity contribution >= 4 is 23.4 Å². The molecule has 0 heterocycles. The third kappa shape index (κ3) is 2.87. The van der Waals surface area contributed by atoms with Crippen molar-refractivity contribution in [3.8, 4) is 6.07 Å². The van der Waals surface area contributed by atoms with Crippen molar-refractivity contribution in [1.29, 1.82) is 5.26 Å². The smallest absolute Gasteiger partial charge is 0.101 e. The van der Waals surface area contributed by atoms with Crippen molar-refractivity contribution in [1.82, 2.24) is 0 Å². The van der Waals surface area contributed by atoms with E-state index in [-0.39, 0.29) is 0 Å². The van der Waals surface area contributed by atoms with Crippen molar-refractivity contribution in [3.05, 3.63) is 58.1 Å². The van der Waals surface area contributed by atoms with Gasteiger partial charge < -0.3 is 0 Å². The lowest BCUT2D eigenvalue weighted by Crippen LogP contribution is -1.83. The van der Waals surface area contributed by atoms with Crippen LogP contribution in [0.3, 0.4) is 0 Å². The van der Waals surface area contributed by atoms with Crippen molar-refractivity contribution in [2.45, 2.75) is 23.6 Å². The van der Waals surface area contributed by atoms with Crippen LogP contribution in [0.15, 0.2) is 46.2 Å². The molecule has 0 amide bonds. The number of aryl methyl sites for hydroxylation is 2. The summed E-state index contributed by atoms with van der Waals surface area (Å²) in [4.78, 5) is 2.27. The maximum absolute atomic E-state index is 8.84. The van der Waals surface area contributed by atoms with Gasteiger partial charge in [0.1, 0.15) is 6.07 Å². The summed E-state index contributed by atoms with van der Waals surface area (Å²) >= 11 is 7.70. The maximum atomic E-state index is 8.84. The van der Waals surface area contributed by atoms with Crippen LogP contribution in [0, 0.1) is 25.2 Å². The molecule has 2 aromatic carbocycles. The van der Waals surface area contributed by atoms with Crippen molar-refractivity contribution in [3.63, 3.8) is 0 Å². The van der Waals surface area contributed by atoms with Gasteiger partial charge in [-0.1, -0.05) is 35.5 Å². The Balaban J connectivity index is 2.32. The molecule has 0 saturated heterocycles. The number of nitriles is 1. The molecule has 18 heavy (non-hydrogen) atoms. The van der Waals surface area contributed by atoms with Gasteiger partial charge in [0, 0.05) is 9.79 Å². The average molecular weight is 274 g/mol. The Hall–Kier alpha value is -1.43. The molecule has 0 N–H and O–H groups in total. The zero-order valence-electron chi connectivity index (χ0n) is 10.2. The van der Waals surface area contributed by atoms with Crippen LogP contribution in [0.4, 0.5) is 0 Å². The Bertz CT molecular complexity index is 629. The van der Waals surface area contributed by atoms with Crippen LogP contribution in [0.2, 0.25) is 5.02 Å². The fourth-order valence-electron chi connectivity index (χ4n) is 1.59. The lowest BCUT2D eigenvalue weighted by Gasteiger charge is -2.07. The molecule has 0 aliphatic rings. The zero-order chi connectivity index (χ0) is 13.1. The van der Waals surface area contributed by atoms with Gasteiger partial charge >= 0.3 is 0 Å². The van der Waals surface area contributed by atoms with Crippen LogP contribution in [-0.2, 0) is 0 Å². The predicted molar refractivity (Wildman–Crippen MR) is 76.2 cm³/mol. The van der Waals surface area contributed by atoms with Gasteiger partial charge in [-0.15, -0.1) is 0 Å². The molecule has 0 saturated carbocycles. The van der Waals surface area contributed by atoms with Crippen molar-refractivity contribution < 1.29 is 0 Å². The summed E-state index contributed by atoms with van der Waals surface area (Å²) in [6.07, 6.45) is 0. The van der Waals surface area contributed by atoms with E-state index in [1.807, 2.05) is 12.1 Å². The fourth-order valence-corrected chi connectivity index (χ4v) is 2.92. The van der Waals surface area contributed by atoms with E-state index in [2.05, 4.69) is 38.1 Å². The molecule has 0 aliphatic heterocycles. The Morgan fingerprint density at radius 2 is 1.89 bits per heavy atom. The van der Waals surface area contributed by atoms with Gasteiger partial charge in [-0.25, -0.2) is 0 Å². The normalized spacial score (nSPS) is 10.1. The molecule has 0 aliphatic carbocycles. The average Bonchev–Trinajstić information content (AvgIpc) is 2.34. The molecule has 3 heteroatoms. The van der Waals surface area contributed by atoms with Crippen LogP contribution < -0.4 is 0 Å². The highest BCUT2D eigenvalue weighted by atomic mass is 35.5. The Morgan fingerprint density at radius 3 is 2.56 bits per heavy atom. The van der Waals surface area contributed by atoms with E-state index in [1.165, 1.54) is 16.0 Å². The highest BCUT2D eigenvalue weighted by Crippen LogP contribution is 2.33. The highest BCUT2D eigenvalue weighted by Gasteiger charge is 2.05. The minimum atomic E-state index is 0.507. The van der Waals surface area contributed by atoms with Crippen LogP contribution in [0.25, 0.3) is 0 Å². The summed E-state index contributed by atoms with van der Waals surface area (Å²) < 4.78 is 0. The van der Waals surface area contributed by atoms with Crippen LogP contribution in [0.5, 0.6) is 0 Å². The molecule has 0 radical (unpaired) electrons. The second kappa shape index (κ2) is 5.48. The lowest BCUT2D eigenvalue weighted by molar-refractivity contribution is 1.25. The predicted octanol–water partition coefficient (Wildman–Crippen LogP) is 4.98. The van der Waals surface area contributed by atoms with E-state index in [0.29, 0.717) is 10.6 Å². The van der Waals surface area contributed by atoms with E-state index in [9.17, 15) is 0 Å². The first kappa shape index (κ1) is 13.0. The molecule has 1 nitrogen and oxygen atoms in total. The van der Waals surface area contributed by atoms with Gasteiger partial charge in [0.05, 0.1) is 10.6 Å². The Morgan fingerprint density at radius 1 is 1.11 bits per heavy atom. The van der Waals surface area contributed by atoms with E-state index >= 15 is 0 Å². The summed E-state index contributed by atoms with van der Waals surface area (Å²) in [5, 5.41) is 9.35. The third-order valence-electron chi connectivity index (χ3n) is 2.63. The quantitative estimate of drug-likeness (QED) is 0.770. The minimum absolute atomic E-state index is 0.507. The summed E-state index contributed by atoms with van der Waals surface area (Å²) in [6.45, 7) is 4.17. The highest BCUT2D eigenvalue weighted by molar-refractivity contribution is 7.99. The van der Waals surface area contributed by atoms with Crippen molar-refractivity contribution in [2.24, 2.45) is 0 Å². The number of hydrogen-bond donors (Lipinski definition) is 0. The van der Waals surface area contributed by atoms with Gasteiger partial charge in [0.15, 0.2) is 0 Å². The second-order valence-corrected chi connectivity index (χ2v) is 5.65. The van der Waals surface area contributed by atoms with E-state index in [1.54, 1.807) is 17.8 Å². The topological polar surface area (TPSA) is 23.8 Å². The maximum Gasteiger partial charge on any atom is 0.101 e. The molecule has 0 atom stereocenters. The second-order valence-electron chi connectivity index (χ2n) is 4.12. The van der Waals surface area contributed by atoms with Gasteiger partial charge in [0.2, 0.25) is 0 Å². The van der Waals surface area contributed by atoms with E-state index < -0.39 is 0 Å². The van der Waals surface area contributed by atoms with E-state index in [4.69, 9.17) is 16.9 Å². The first-order chi connectivity index (χ1) is 8.60. The fraction of sp³-hybridized carbons (Fsp3) is 0.133. The molecule has 2 aromatic rings. The number of halogens is 1. The molecule has 0 spiro atoms. The zero-order valence-corrected chi connectivity index (χ0v) is 11.8. The first-order valence-corrected chi connectivity index (χ1v) is 6.74. The molecule has 0 aromatic heterocycles. The summed E-state index contributed by atoms with van der Waals surface area (Å²) in [7, 11) is 0. The van der Waals surface area contributed by atoms with E-state index in [0.717, 1.165) is 4.90 Å². The Labute approximate surface area is 116 Å². The molecule has 0 unspecified atom stereocenters. The summed E-state index contributed by atoms with van der Waals surface area (Å²) in [6, 6.07) is 14.0. The van der Waals surface area contributed by atoms with Crippen LogP contribution >= 0.6 is 23.4 Å². The largest absolute Gasteiger partial charge is 0.192 e. The summed E-state index contributed by atoms with van der Waals surface area (Å²) in [5.41, 5.74) is 3.00. The Kier molecular flexibility index (Phi) is 3.96. The molecule has 90 valence electrons. The van der Waals surface area contributed by atoms with Gasteiger partial charge in [-0.05, 0) is 49.2 Å². The molecule has 0 bridgehead atoms. The van der Waals surface area contributed by atoms with Crippen molar-refractivity contribution in [2.75, 3.05) is 0 Å².